The van der Waals surface area contributed by atoms with Gasteiger partial charge < -0.3 is 31.3 Å². The Labute approximate surface area is 295 Å². The first kappa shape index (κ1) is 37.3. The van der Waals surface area contributed by atoms with Crippen molar-refractivity contribution in [1.29, 1.82) is 0 Å². The summed E-state index contributed by atoms with van der Waals surface area (Å²) in [6, 6.07) is 5.01. The zero-order valence-corrected chi connectivity index (χ0v) is 30.4. The molecule has 1 heterocycles. The second-order valence-corrected chi connectivity index (χ2v) is 16.7. The van der Waals surface area contributed by atoms with Gasteiger partial charge >= 0.3 is 6.03 Å². The normalized spacial score (nSPS) is 24.6. The Morgan fingerprint density at radius 2 is 1.72 bits per heavy atom. The van der Waals surface area contributed by atoms with Crippen LogP contribution < -0.4 is 26.4 Å². The Morgan fingerprint density at radius 1 is 1.04 bits per heavy atom. The monoisotopic (exact) mass is 693 g/mol. The van der Waals surface area contributed by atoms with Crippen molar-refractivity contribution in [3.8, 4) is 5.75 Å². The summed E-state index contributed by atoms with van der Waals surface area (Å²) < 4.78 is 5.30. The first-order chi connectivity index (χ1) is 23.5. The number of nitrogens with two attached hydrogens (primary N) is 1. The standard InChI is InChI=1S/C38H55N5O7/c1-36(2,3)31(41-35(49)42-38(15-8-7-9-16-38)34(48)40-20-23-11-10-12-25(18-23)50-6)33(47)43-21-26-28(37(26,4)5)29(43)27(44)19-24(17-22-13-14-22)30(45)32(39)46/h10-12,18,22,24,26,28-29,31H,7-9,13-17,19-21H2,1-6H3,(H2,39,46)(H,40,48)(H2,41,42,49)/t24?,26-,28-,29+,31+/m0/s1. The molecule has 0 radical (unpaired) electrons. The van der Waals surface area contributed by atoms with Crippen molar-refractivity contribution in [2.45, 2.75) is 117 Å². The molecular weight excluding hydrogens is 638 g/mol. The molecular formula is C38H55N5O7. The van der Waals surface area contributed by atoms with Crippen LogP contribution in [-0.2, 0) is 30.5 Å². The highest BCUT2D eigenvalue weighted by molar-refractivity contribution is 6.36. The molecule has 0 bridgehead atoms. The molecule has 3 aliphatic carbocycles. The molecule has 1 unspecified atom stereocenters. The summed E-state index contributed by atoms with van der Waals surface area (Å²) in [5.74, 6) is -2.49. The molecule has 1 aliphatic heterocycles. The first-order valence-corrected chi connectivity index (χ1v) is 18.1. The second-order valence-electron chi connectivity index (χ2n) is 16.7. The maximum absolute atomic E-state index is 14.5. The van der Waals surface area contributed by atoms with Crippen LogP contribution in [0.5, 0.6) is 5.75 Å². The molecule has 1 aromatic carbocycles. The molecule has 50 heavy (non-hydrogen) atoms. The van der Waals surface area contributed by atoms with Crippen LogP contribution >= 0.6 is 0 Å². The third-order valence-corrected chi connectivity index (χ3v) is 11.7. The van der Waals surface area contributed by atoms with Crippen molar-refractivity contribution >= 4 is 35.3 Å². The molecule has 12 heteroatoms. The highest BCUT2D eigenvalue weighted by atomic mass is 16.5. The van der Waals surface area contributed by atoms with E-state index in [0.717, 1.165) is 37.7 Å². The van der Waals surface area contributed by atoms with Crippen molar-refractivity contribution < 1.29 is 33.5 Å². The van der Waals surface area contributed by atoms with Crippen molar-refractivity contribution in [3.05, 3.63) is 29.8 Å². The second kappa shape index (κ2) is 14.3. The van der Waals surface area contributed by atoms with Gasteiger partial charge in [0.05, 0.1) is 13.2 Å². The minimum Gasteiger partial charge on any atom is -0.497 e. The number of urea groups is 1. The Hall–Kier alpha value is -3.96. The van der Waals surface area contributed by atoms with Gasteiger partial charge in [0.2, 0.25) is 17.6 Å². The van der Waals surface area contributed by atoms with Crippen LogP contribution in [-0.4, -0.2) is 71.5 Å². The summed E-state index contributed by atoms with van der Waals surface area (Å²) in [5, 5.41) is 8.87. The molecule has 4 aliphatic rings. The summed E-state index contributed by atoms with van der Waals surface area (Å²) in [6.45, 7) is 10.3. The molecule has 5 rings (SSSR count). The molecule has 274 valence electrons. The summed E-state index contributed by atoms with van der Waals surface area (Å²) in [5.41, 5.74) is 4.17. The number of hydrogen-bond donors (Lipinski definition) is 4. The molecule has 12 nitrogen and oxygen atoms in total. The van der Waals surface area contributed by atoms with E-state index in [4.69, 9.17) is 10.5 Å². The van der Waals surface area contributed by atoms with Gasteiger partial charge in [0.1, 0.15) is 17.3 Å². The molecule has 1 saturated heterocycles. The average Bonchev–Trinajstić information content (AvgIpc) is 3.92. The Bertz CT molecular complexity index is 1510. The van der Waals surface area contributed by atoms with E-state index < -0.39 is 46.7 Å². The van der Waals surface area contributed by atoms with Gasteiger partial charge in [-0.15, -0.1) is 0 Å². The fourth-order valence-electron chi connectivity index (χ4n) is 8.38. The predicted octanol–water partition coefficient (Wildman–Crippen LogP) is 3.64. The van der Waals surface area contributed by atoms with E-state index in [1.807, 2.05) is 45.0 Å². The zero-order valence-electron chi connectivity index (χ0n) is 30.4. The van der Waals surface area contributed by atoms with Crippen LogP contribution in [0.15, 0.2) is 24.3 Å². The van der Waals surface area contributed by atoms with E-state index >= 15 is 0 Å². The van der Waals surface area contributed by atoms with Gasteiger partial charge in [0.25, 0.3) is 5.91 Å². The molecule has 0 aromatic heterocycles. The quantitative estimate of drug-likeness (QED) is 0.215. The van der Waals surface area contributed by atoms with E-state index in [1.54, 1.807) is 12.0 Å². The van der Waals surface area contributed by atoms with E-state index in [9.17, 15) is 28.8 Å². The van der Waals surface area contributed by atoms with E-state index in [2.05, 4.69) is 29.8 Å². The Morgan fingerprint density at radius 3 is 2.32 bits per heavy atom. The average molecular weight is 694 g/mol. The number of amides is 5. The number of ketones is 2. The minimum absolute atomic E-state index is 0.0857. The highest BCUT2D eigenvalue weighted by Crippen LogP contribution is 2.65. The number of Topliss-reactive ketones (excluding diaryl/α,β-unsaturated/α-hetero) is 2. The number of nitrogens with one attached hydrogen (secondary N) is 3. The van der Waals surface area contributed by atoms with Crippen LogP contribution in [0, 0.1) is 34.5 Å². The number of rotatable bonds is 14. The number of hydrogen-bond acceptors (Lipinski definition) is 7. The number of benzene rings is 1. The van der Waals surface area contributed by atoms with Crippen molar-refractivity contribution in [2.24, 2.45) is 40.2 Å². The summed E-state index contributed by atoms with van der Waals surface area (Å²) in [4.78, 5) is 82.2. The fourth-order valence-corrected chi connectivity index (χ4v) is 8.38. The molecule has 3 saturated carbocycles. The van der Waals surface area contributed by atoms with Crippen molar-refractivity contribution in [3.63, 3.8) is 0 Å². The van der Waals surface area contributed by atoms with Crippen molar-refractivity contribution in [2.75, 3.05) is 13.7 Å². The number of ether oxygens (including phenoxy) is 1. The summed E-state index contributed by atoms with van der Waals surface area (Å²) in [7, 11) is 1.58. The third-order valence-electron chi connectivity index (χ3n) is 11.7. The number of likely N-dealkylation sites (tertiary alicyclic amines) is 1. The Balaban J connectivity index is 1.31. The zero-order chi connectivity index (χ0) is 36.6. The predicted molar refractivity (Wildman–Crippen MR) is 186 cm³/mol. The van der Waals surface area contributed by atoms with Gasteiger partial charge in [-0.25, -0.2) is 4.79 Å². The van der Waals surface area contributed by atoms with Crippen LogP contribution in [0.4, 0.5) is 4.79 Å². The molecule has 4 fully saturated rings. The number of piperidine rings is 1. The van der Waals surface area contributed by atoms with Gasteiger partial charge in [-0.2, -0.15) is 0 Å². The lowest BCUT2D eigenvalue weighted by atomic mass is 9.80. The number of primary amides is 1. The highest BCUT2D eigenvalue weighted by Gasteiger charge is 2.69. The summed E-state index contributed by atoms with van der Waals surface area (Å²) in [6.07, 6.45) is 5.61. The van der Waals surface area contributed by atoms with E-state index in [1.165, 1.54) is 0 Å². The van der Waals surface area contributed by atoms with Crippen LogP contribution in [0.2, 0.25) is 0 Å². The van der Waals surface area contributed by atoms with E-state index in [0.29, 0.717) is 37.5 Å². The molecule has 5 amide bonds. The van der Waals surface area contributed by atoms with Crippen LogP contribution in [0.1, 0.15) is 98.0 Å². The lowest BCUT2D eigenvalue weighted by Crippen LogP contribution is -2.65. The molecule has 5 N–H and O–H groups in total. The molecule has 0 spiro atoms. The van der Waals surface area contributed by atoms with Gasteiger partial charge in [-0.05, 0) is 65.5 Å². The minimum atomic E-state index is -1.14. The smallest absolute Gasteiger partial charge is 0.316 e. The lowest BCUT2D eigenvalue weighted by molar-refractivity contribution is -0.144. The van der Waals surface area contributed by atoms with E-state index in [-0.39, 0.29) is 47.8 Å². The third kappa shape index (κ3) is 7.99. The van der Waals surface area contributed by atoms with Crippen molar-refractivity contribution in [1.82, 2.24) is 20.9 Å². The Kier molecular flexibility index (Phi) is 10.7. The van der Waals surface area contributed by atoms with Gasteiger partial charge in [-0.3, -0.25) is 24.0 Å². The van der Waals surface area contributed by atoms with Gasteiger partial charge in [0, 0.05) is 25.4 Å². The number of methoxy groups -OCH3 is 1. The molecule has 1 aromatic rings. The fraction of sp³-hybridized carbons (Fsp3) is 0.684. The molecule has 5 atom stereocenters. The number of carbonyl (C=O) groups is 6. The largest absolute Gasteiger partial charge is 0.497 e. The van der Waals surface area contributed by atoms with Crippen LogP contribution in [0.3, 0.4) is 0 Å². The maximum atomic E-state index is 14.5. The van der Waals surface area contributed by atoms with Crippen LogP contribution in [0.25, 0.3) is 0 Å². The SMILES string of the molecule is COc1cccc(CNC(=O)C2(NC(=O)N[C@H](C(=O)N3C[C@H]4[C@@H]([C@H]3C(=O)CC(CC3CC3)C(=O)C(N)=O)C4(C)C)C(C)(C)C)CCCCC2)c1. The maximum Gasteiger partial charge on any atom is 0.316 e. The first-order valence-electron chi connectivity index (χ1n) is 18.1. The number of fused-ring (bicyclic) bond motifs is 1. The number of carbonyl (C=O) groups excluding carboxylic acids is 6. The van der Waals surface area contributed by atoms with Gasteiger partial charge in [-0.1, -0.05) is 78.9 Å². The summed E-state index contributed by atoms with van der Waals surface area (Å²) >= 11 is 0. The lowest BCUT2D eigenvalue weighted by Gasteiger charge is -2.40. The van der Waals surface area contributed by atoms with Gasteiger partial charge in [0.15, 0.2) is 5.78 Å². The topological polar surface area (TPSA) is 177 Å². The number of nitrogens with zero attached hydrogens (tertiary/aromatic N) is 1.